The van der Waals surface area contributed by atoms with Crippen molar-refractivity contribution in [3.63, 3.8) is 0 Å². The summed E-state index contributed by atoms with van der Waals surface area (Å²) in [6, 6.07) is 0. The van der Waals surface area contributed by atoms with Crippen molar-refractivity contribution in [1.29, 1.82) is 0 Å². The molecule has 0 radical (unpaired) electrons. The van der Waals surface area contributed by atoms with Crippen LogP contribution in [-0.4, -0.2) is 26.1 Å². The van der Waals surface area contributed by atoms with Crippen molar-refractivity contribution in [3.05, 3.63) is 0 Å². The number of hydrogen-bond donors (Lipinski definition) is 1. The van der Waals surface area contributed by atoms with Crippen LogP contribution in [0, 0.1) is 0 Å². The van der Waals surface area contributed by atoms with Gasteiger partial charge in [-0.1, -0.05) is 12.0 Å². The van der Waals surface area contributed by atoms with Gasteiger partial charge in [-0.05, 0) is 10.4 Å². The van der Waals surface area contributed by atoms with E-state index in [1.165, 1.54) is 0 Å². The maximum Gasteiger partial charge on any atom is 0.251 e. The van der Waals surface area contributed by atoms with Gasteiger partial charge in [0, 0.05) is 6.42 Å². The van der Waals surface area contributed by atoms with E-state index in [1.54, 1.807) is 6.92 Å². The summed E-state index contributed by atoms with van der Waals surface area (Å²) in [5.74, 6) is -0.172. The van der Waals surface area contributed by atoms with Gasteiger partial charge >= 0.3 is 0 Å². The van der Waals surface area contributed by atoms with E-state index in [0.717, 1.165) is 4.68 Å². The topological polar surface area (TPSA) is 86.7 Å². The lowest BCUT2D eigenvalue weighted by Gasteiger charge is -1.93. The predicted octanol–water partition coefficient (Wildman–Crippen LogP) is -0.695. The van der Waals surface area contributed by atoms with Crippen LogP contribution in [0.2, 0.25) is 0 Å². The Morgan fingerprint density at radius 3 is 2.90 bits per heavy atom. The van der Waals surface area contributed by atoms with Crippen molar-refractivity contribution >= 4 is 11.9 Å². The van der Waals surface area contributed by atoms with Crippen LogP contribution in [-0.2, 0) is 0 Å². The first-order chi connectivity index (χ1) is 4.75. The smallest absolute Gasteiger partial charge is 0.251 e. The molecule has 10 heavy (non-hydrogen) atoms. The van der Waals surface area contributed by atoms with Crippen LogP contribution in [0.5, 0.6) is 0 Å². The molecule has 0 amide bonds. The number of hydrogen-bond acceptors (Lipinski definition) is 5. The van der Waals surface area contributed by atoms with Crippen LogP contribution >= 0.6 is 0 Å². The third kappa shape index (κ3) is 0.949. The zero-order valence-electron chi connectivity index (χ0n) is 5.48. The lowest BCUT2D eigenvalue weighted by Crippen LogP contribution is -2.13. The molecule has 0 saturated heterocycles. The summed E-state index contributed by atoms with van der Waals surface area (Å²) in [7, 11) is 0. The van der Waals surface area contributed by atoms with E-state index in [1.807, 2.05) is 0 Å². The fourth-order valence-electron chi connectivity index (χ4n) is 0.521. The molecular weight excluding hydrogens is 134 g/mol. The van der Waals surface area contributed by atoms with Crippen LogP contribution in [0.15, 0.2) is 0 Å². The molecule has 0 spiro atoms. The first kappa shape index (κ1) is 6.66. The molecule has 0 aliphatic rings. The molecule has 0 aliphatic heterocycles. The first-order valence-corrected chi connectivity index (χ1v) is 2.82. The average molecular weight is 141 g/mol. The SMILES string of the molecule is CCC(=O)n1nnnc1N. The molecule has 54 valence electrons. The van der Waals surface area contributed by atoms with Gasteiger partial charge in [0.25, 0.3) is 5.91 Å². The Labute approximate surface area is 57.0 Å². The van der Waals surface area contributed by atoms with E-state index in [-0.39, 0.29) is 11.9 Å². The highest BCUT2D eigenvalue weighted by Crippen LogP contribution is 1.93. The van der Waals surface area contributed by atoms with Crippen LogP contribution in [0.3, 0.4) is 0 Å². The highest BCUT2D eigenvalue weighted by Gasteiger charge is 2.06. The minimum Gasteiger partial charge on any atom is -0.366 e. The van der Waals surface area contributed by atoms with E-state index in [4.69, 9.17) is 5.73 Å². The van der Waals surface area contributed by atoms with Crippen molar-refractivity contribution in [2.45, 2.75) is 13.3 Å². The van der Waals surface area contributed by atoms with Gasteiger partial charge in [0.05, 0.1) is 0 Å². The van der Waals surface area contributed by atoms with Crippen LogP contribution in [0.25, 0.3) is 0 Å². The van der Waals surface area contributed by atoms with Gasteiger partial charge in [-0.25, -0.2) is 0 Å². The lowest BCUT2D eigenvalue weighted by molar-refractivity contribution is 0.0893. The number of nitrogens with zero attached hydrogens (tertiary/aromatic N) is 4. The third-order valence-corrected chi connectivity index (χ3v) is 1.03. The Kier molecular flexibility index (Phi) is 1.61. The second kappa shape index (κ2) is 2.42. The number of anilines is 1. The molecule has 6 nitrogen and oxygen atoms in total. The Hall–Kier alpha value is -1.46. The van der Waals surface area contributed by atoms with Gasteiger partial charge in [0.2, 0.25) is 5.95 Å². The van der Waals surface area contributed by atoms with Gasteiger partial charge in [0.15, 0.2) is 0 Å². The number of nitrogen functional groups attached to an aromatic ring is 1. The van der Waals surface area contributed by atoms with E-state index in [2.05, 4.69) is 15.5 Å². The molecule has 0 saturated carbocycles. The molecule has 1 aromatic heterocycles. The number of rotatable bonds is 1. The molecule has 1 rings (SSSR count). The van der Waals surface area contributed by atoms with Gasteiger partial charge in [-0.2, -0.15) is 0 Å². The van der Waals surface area contributed by atoms with Crippen LogP contribution < -0.4 is 5.73 Å². The lowest BCUT2D eigenvalue weighted by atomic mass is 10.5. The molecule has 1 aromatic rings. The zero-order chi connectivity index (χ0) is 7.56. The summed E-state index contributed by atoms with van der Waals surface area (Å²) < 4.78 is 0.972. The number of aromatic nitrogens is 4. The number of tetrazole rings is 1. The Balaban J connectivity index is 2.93. The Morgan fingerprint density at radius 1 is 1.80 bits per heavy atom. The quantitative estimate of drug-likeness (QED) is 0.523. The predicted molar refractivity (Wildman–Crippen MR) is 33.1 cm³/mol. The number of nitrogens with two attached hydrogens (primary N) is 1. The number of carbonyl (C=O) groups excluding carboxylic acids is 1. The van der Waals surface area contributed by atoms with E-state index in [0.29, 0.717) is 6.42 Å². The summed E-state index contributed by atoms with van der Waals surface area (Å²) in [5.41, 5.74) is 5.22. The van der Waals surface area contributed by atoms with E-state index < -0.39 is 0 Å². The number of carbonyl (C=O) groups is 1. The summed E-state index contributed by atoms with van der Waals surface area (Å²) in [6.45, 7) is 1.71. The molecule has 0 bridgehead atoms. The van der Waals surface area contributed by atoms with Crippen LogP contribution in [0.4, 0.5) is 5.95 Å². The summed E-state index contributed by atoms with van der Waals surface area (Å²) in [6.07, 6.45) is 0.342. The Morgan fingerprint density at radius 2 is 2.50 bits per heavy atom. The zero-order valence-corrected chi connectivity index (χ0v) is 5.48. The van der Waals surface area contributed by atoms with Crippen molar-refractivity contribution in [2.24, 2.45) is 0 Å². The maximum absolute atomic E-state index is 10.8. The summed E-state index contributed by atoms with van der Waals surface area (Å²) in [4.78, 5) is 10.8. The molecule has 2 N–H and O–H groups in total. The van der Waals surface area contributed by atoms with E-state index >= 15 is 0 Å². The standard InChI is InChI=1S/C4H7N5O/c1-2-3(10)9-4(5)6-7-8-9/h2H2,1H3,(H2,5,6,8). The second-order valence-corrected chi connectivity index (χ2v) is 1.70. The molecule has 0 fully saturated rings. The molecule has 0 aromatic carbocycles. The van der Waals surface area contributed by atoms with Crippen molar-refractivity contribution in [2.75, 3.05) is 5.73 Å². The fourth-order valence-corrected chi connectivity index (χ4v) is 0.521. The Bertz CT molecular complexity index is 242. The van der Waals surface area contributed by atoms with Gasteiger partial charge in [-0.3, -0.25) is 4.79 Å². The van der Waals surface area contributed by atoms with Crippen LogP contribution in [0.1, 0.15) is 18.1 Å². The maximum atomic E-state index is 10.8. The van der Waals surface area contributed by atoms with E-state index in [9.17, 15) is 4.79 Å². The third-order valence-electron chi connectivity index (χ3n) is 1.03. The summed E-state index contributed by atoms with van der Waals surface area (Å²) >= 11 is 0. The molecule has 0 unspecified atom stereocenters. The molecule has 1 heterocycles. The average Bonchev–Trinajstić information content (AvgIpc) is 2.34. The molecule has 0 aliphatic carbocycles. The van der Waals surface area contributed by atoms with Gasteiger partial charge in [-0.15, -0.1) is 4.68 Å². The monoisotopic (exact) mass is 141 g/mol. The highest BCUT2D eigenvalue weighted by atomic mass is 16.2. The van der Waals surface area contributed by atoms with Crippen molar-refractivity contribution < 1.29 is 4.79 Å². The van der Waals surface area contributed by atoms with Gasteiger partial charge in [0.1, 0.15) is 0 Å². The fraction of sp³-hybridized carbons (Fsp3) is 0.500. The molecular formula is C4H7N5O. The highest BCUT2D eigenvalue weighted by molar-refractivity contribution is 5.79. The second-order valence-electron chi connectivity index (χ2n) is 1.70. The molecule has 6 heteroatoms. The van der Waals surface area contributed by atoms with Crippen molar-refractivity contribution in [1.82, 2.24) is 20.2 Å². The van der Waals surface area contributed by atoms with Crippen molar-refractivity contribution in [3.8, 4) is 0 Å². The minimum atomic E-state index is -0.206. The summed E-state index contributed by atoms with van der Waals surface area (Å²) in [5, 5.41) is 9.92. The first-order valence-electron chi connectivity index (χ1n) is 2.82. The largest absolute Gasteiger partial charge is 0.366 e. The minimum absolute atomic E-state index is 0.0341. The molecule has 0 atom stereocenters. The van der Waals surface area contributed by atoms with Gasteiger partial charge < -0.3 is 5.73 Å². The normalized spacial score (nSPS) is 9.70.